The standard InChI is InChI=1S/C33H35I2NO3S/c1-4-39-29-18-13-24(23-11-9-22(10-12-23)21(2)37)19-25(29)20-35(26-14-16-27(36-3)17-15-26)33(38)32-31(34)28-7-5-6-8-30(28)40-32/h5-13,18-19,26-27,36H,4,14-17,20H2,1-3H3. The molecule has 0 bridgehead atoms. The first-order valence-electron chi connectivity index (χ1n) is 13.8. The van der Waals surface area contributed by atoms with E-state index in [0.29, 0.717) is 25.9 Å². The van der Waals surface area contributed by atoms with E-state index < -0.39 is 19.8 Å². The molecular weight excluding hydrogens is 744 g/mol. The second kappa shape index (κ2) is 13.4. The van der Waals surface area contributed by atoms with Crippen LogP contribution in [0.2, 0.25) is 0 Å². The zero-order chi connectivity index (χ0) is 28.2. The molecule has 0 unspecified atom stereocenters. The number of carbonyl (C=O) groups is 2. The second-order valence-electron chi connectivity index (χ2n) is 10.2. The van der Waals surface area contributed by atoms with Gasteiger partial charge in [-0.25, -0.2) is 0 Å². The molecule has 3 aromatic carbocycles. The van der Waals surface area contributed by atoms with Crippen LogP contribution in [0.25, 0.3) is 21.2 Å². The molecule has 7 heteroatoms. The number of thiophene rings is 1. The minimum atomic E-state index is -2.20. The molecule has 1 saturated carbocycles. The summed E-state index contributed by atoms with van der Waals surface area (Å²) in [6.45, 7) is 4.19. The molecule has 4 nitrogen and oxygen atoms in total. The van der Waals surface area contributed by atoms with Gasteiger partial charge in [-0.2, -0.15) is 0 Å². The van der Waals surface area contributed by atoms with Crippen LogP contribution in [0.15, 0.2) is 66.7 Å². The van der Waals surface area contributed by atoms with Crippen molar-refractivity contribution in [2.75, 3.05) is 13.7 Å². The zero-order valence-corrected chi connectivity index (χ0v) is 28.3. The van der Waals surface area contributed by atoms with Crippen LogP contribution in [0.4, 0.5) is 0 Å². The Morgan fingerprint density at radius 2 is 1.70 bits per heavy atom. The molecule has 0 atom stereocenters. The zero-order valence-electron chi connectivity index (χ0n) is 23.1. The van der Waals surface area contributed by atoms with Crippen LogP contribution in [0.5, 0.6) is 5.75 Å². The maximum atomic E-state index is 14.5. The van der Waals surface area contributed by atoms with Gasteiger partial charge in [0.15, 0.2) is 0 Å². The van der Waals surface area contributed by atoms with E-state index in [9.17, 15) is 9.59 Å². The van der Waals surface area contributed by atoms with Gasteiger partial charge in [-0.1, -0.05) is 0 Å². The van der Waals surface area contributed by atoms with Crippen LogP contribution >= 0.6 is 53.7 Å². The van der Waals surface area contributed by atoms with Crippen LogP contribution in [0.1, 0.15) is 65.1 Å². The Morgan fingerprint density at radius 3 is 2.35 bits per heavy atom. The van der Waals surface area contributed by atoms with E-state index in [2.05, 4.69) is 77.4 Å². The van der Waals surface area contributed by atoms with Crippen molar-refractivity contribution in [2.24, 2.45) is 0 Å². The molecule has 1 N–H and O–H groups in total. The SMILES string of the molecule is CCOc1ccc(-c2ccc(C(C)=O)cc2)cc1CI(C(=O)c1sc2ccccc2c1I)C1CCC(NC)CC1. The number of Topliss-reactive ketones (excluding diaryl/α,β-unsaturated/α-hetero) is 1. The van der Waals surface area contributed by atoms with Gasteiger partial charge in [-0.3, -0.25) is 0 Å². The number of hydrogen-bond donors (Lipinski definition) is 1. The van der Waals surface area contributed by atoms with Crippen molar-refractivity contribution in [3.8, 4) is 16.9 Å². The minimum absolute atomic E-state index is 0.0657. The van der Waals surface area contributed by atoms with Gasteiger partial charge in [0.1, 0.15) is 0 Å². The van der Waals surface area contributed by atoms with Gasteiger partial charge in [0.2, 0.25) is 0 Å². The fourth-order valence-corrected chi connectivity index (χ4v) is 15.4. The van der Waals surface area contributed by atoms with E-state index in [4.69, 9.17) is 4.74 Å². The Kier molecular flexibility index (Phi) is 9.97. The number of ketones is 1. The summed E-state index contributed by atoms with van der Waals surface area (Å²) in [6, 6.07) is 23.1. The summed E-state index contributed by atoms with van der Waals surface area (Å²) in [5.74, 6) is 0.951. The van der Waals surface area contributed by atoms with Gasteiger partial charge in [-0.15, -0.1) is 0 Å². The number of benzene rings is 3. The average molecular weight is 780 g/mol. The fraction of sp³-hybridized carbons (Fsp3) is 0.333. The van der Waals surface area contributed by atoms with Gasteiger partial charge >= 0.3 is 264 Å². The van der Waals surface area contributed by atoms with E-state index >= 15 is 0 Å². The number of halogens is 2. The number of hydrogen-bond acceptors (Lipinski definition) is 5. The Hall–Kier alpha value is -1.82. The summed E-state index contributed by atoms with van der Waals surface area (Å²) in [5, 5.41) is 4.65. The van der Waals surface area contributed by atoms with Crippen LogP contribution in [-0.4, -0.2) is 33.2 Å². The summed E-state index contributed by atoms with van der Waals surface area (Å²) in [7, 11) is 2.05. The Balaban J connectivity index is 1.53. The number of fused-ring (bicyclic) bond motifs is 1. The molecule has 5 rings (SSSR count). The van der Waals surface area contributed by atoms with Crippen molar-refractivity contribution in [1.82, 2.24) is 5.32 Å². The summed E-state index contributed by atoms with van der Waals surface area (Å²) < 4.78 is 10.1. The molecule has 0 amide bonds. The van der Waals surface area contributed by atoms with Crippen LogP contribution in [0.3, 0.4) is 0 Å². The molecule has 1 aliphatic rings. The topological polar surface area (TPSA) is 55.4 Å². The van der Waals surface area contributed by atoms with Gasteiger partial charge in [-0.05, 0) is 0 Å². The van der Waals surface area contributed by atoms with Crippen LogP contribution in [0, 0.1) is 3.57 Å². The monoisotopic (exact) mass is 779 g/mol. The quantitative estimate of drug-likeness (QED) is 0.0756. The molecule has 1 heterocycles. The molecule has 0 saturated heterocycles. The predicted octanol–water partition coefficient (Wildman–Crippen LogP) is 9.15. The second-order valence-corrected chi connectivity index (χ2v) is 18.1. The first kappa shape index (κ1) is 29.7. The summed E-state index contributed by atoms with van der Waals surface area (Å²) in [5.41, 5.74) is 4.01. The number of alkyl halides is 2. The summed E-state index contributed by atoms with van der Waals surface area (Å²) in [6.07, 6.45) is 4.49. The predicted molar refractivity (Wildman–Crippen MR) is 185 cm³/mol. The fourth-order valence-electron chi connectivity index (χ4n) is 5.38. The van der Waals surface area contributed by atoms with E-state index in [-0.39, 0.29) is 5.78 Å². The molecule has 210 valence electrons. The average Bonchev–Trinajstić information content (AvgIpc) is 3.33. The first-order valence-corrected chi connectivity index (χ1v) is 19.5. The van der Waals surface area contributed by atoms with E-state index in [0.717, 1.165) is 61.0 Å². The molecule has 0 radical (unpaired) electrons. The van der Waals surface area contributed by atoms with Crippen molar-refractivity contribution >= 4 is 73.4 Å². The number of ether oxygens (including phenoxy) is 1. The van der Waals surface area contributed by atoms with Crippen molar-refractivity contribution in [3.05, 3.63) is 86.3 Å². The van der Waals surface area contributed by atoms with Gasteiger partial charge in [0, 0.05) is 0 Å². The van der Waals surface area contributed by atoms with E-state index in [1.54, 1.807) is 18.3 Å². The Morgan fingerprint density at radius 1 is 1.00 bits per heavy atom. The third kappa shape index (κ3) is 6.47. The van der Waals surface area contributed by atoms with Crippen molar-refractivity contribution < 1.29 is 14.3 Å². The maximum absolute atomic E-state index is 14.5. The molecule has 4 aromatic rings. The third-order valence-electron chi connectivity index (χ3n) is 7.64. The van der Waals surface area contributed by atoms with Gasteiger partial charge in [0.25, 0.3) is 0 Å². The van der Waals surface area contributed by atoms with Gasteiger partial charge in [0.05, 0.1) is 0 Å². The van der Waals surface area contributed by atoms with E-state index in [1.807, 2.05) is 31.2 Å². The molecule has 1 aromatic heterocycles. The Bertz CT molecular complexity index is 1510. The number of rotatable bonds is 10. The van der Waals surface area contributed by atoms with Crippen LogP contribution < -0.4 is 10.1 Å². The first-order chi connectivity index (χ1) is 19.4. The molecular formula is C33H35I2NO3S. The summed E-state index contributed by atoms with van der Waals surface area (Å²) in [4.78, 5) is 27.2. The van der Waals surface area contributed by atoms with Crippen molar-refractivity contribution in [2.45, 2.75) is 53.9 Å². The molecule has 0 spiro atoms. The molecule has 40 heavy (non-hydrogen) atoms. The van der Waals surface area contributed by atoms with E-state index in [1.165, 1.54) is 10.1 Å². The molecule has 1 aliphatic carbocycles. The normalized spacial score (nSPS) is 17.6. The number of carbonyl (C=O) groups excluding carboxylic acids is 2. The molecule has 0 aliphatic heterocycles. The van der Waals surface area contributed by atoms with Crippen LogP contribution in [-0.2, 0) is 4.43 Å². The van der Waals surface area contributed by atoms with Crippen molar-refractivity contribution in [1.29, 1.82) is 0 Å². The summed E-state index contributed by atoms with van der Waals surface area (Å²) >= 11 is 1.86. The van der Waals surface area contributed by atoms with Gasteiger partial charge < -0.3 is 0 Å². The van der Waals surface area contributed by atoms with Crippen molar-refractivity contribution in [3.63, 3.8) is 0 Å². The third-order valence-corrected chi connectivity index (χ3v) is 17.5. The number of nitrogens with one attached hydrogen (secondary N) is 1. The Labute approximate surface area is 261 Å². The molecule has 1 fully saturated rings.